The predicted octanol–water partition coefficient (Wildman–Crippen LogP) is 4.02. The van der Waals surface area contributed by atoms with E-state index in [4.69, 9.17) is 11.6 Å². The van der Waals surface area contributed by atoms with E-state index in [0.29, 0.717) is 15.7 Å². The lowest BCUT2D eigenvalue weighted by Crippen LogP contribution is -2.32. The normalized spacial score (nSPS) is 23.2. The van der Waals surface area contributed by atoms with Gasteiger partial charge in [0.25, 0.3) is 0 Å². The fraction of sp³-hybridized carbons (Fsp3) is 0.150. The summed E-state index contributed by atoms with van der Waals surface area (Å²) in [5.41, 5.74) is 1.14. The van der Waals surface area contributed by atoms with Crippen LogP contribution in [0.25, 0.3) is 0 Å². The first-order valence-corrected chi connectivity index (χ1v) is 10.8. The van der Waals surface area contributed by atoms with E-state index in [1.165, 1.54) is 36.0 Å². The van der Waals surface area contributed by atoms with Crippen molar-refractivity contribution in [2.24, 2.45) is 5.92 Å². The Hall–Kier alpha value is -2.42. The Morgan fingerprint density at radius 3 is 2.34 bits per heavy atom. The van der Waals surface area contributed by atoms with Gasteiger partial charge < -0.3 is 4.98 Å². The summed E-state index contributed by atoms with van der Waals surface area (Å²) in [5.74, 6) is -2.28. The van der Waals surface area contributed by atoms with Gasteiger partial charge in [0, 0.05) is 15.8 Å². The number of H-pyrrole nitrogens is 1. The lowest BCUT2D eigenvalue weighted by atomic mass is 9.83. The molecular weight excluding hydrogens is 435 g/mol. The third-order valence-electron chi connectivity index (χ3n) is 5.14. The number of amides is 2. The number of fused-ring (bicyclic) bond motifs is 2. The number of nitrogens with one attached hydrogen (secondary N) is 1. The van der Waals surface area contributed by atoms with Crippen molar-refractivity contribution in [1.82, 2.24) is 4.98 Å². The van der Waals surface area contributed by atoms with E-state index in [2.05, 4.69) is 4.98 Å². The number of anilines is 1. The van der Waals surface area contributed by atoms with Crippen LogP contribution < -0.4 is 9.77 Å². The highest BCUT2D eigenvalue weighted by Crippen LogP contribution is 2.53. The van der Waals surface area contributed by atoms with E-state index >= 15 is 0 Å². The molecule has 2 aliphatic heterocycles. The van der Waals surface area contributed by atoms with Gasteiger partial charge in [-0.15, -0.1) is 0 Å². The van der Waals surface area contributed by atoms with Crippen LogP contribution in [0.5, 0.6) is 0 Å². The van der Waals surface area contributed by atoms with Crippen molar-refractivity contribution in [3.63, 3.8) is 0 Å². The molecule has 1 N–H and O–H groups in total. The SMILES string of the molecule is O=C1C2Sc3[nH]c(=O)sc3C(c3ccc(Cl)cc3)C2C(=O)N1c1ccc(F)cc1. The molecule has 29 heavy (non-hydrogen) atoms. The number of carbonyl (C=O) groups excluding carboxylic acids is 2. The lowest BCUT2D eigenvalue weighted by molar-refractivity contribution is -0.122. The molecule has 1 fully saturated rings. The highest BCUT2D eigenvalue weighted by atomic mass is 35.5. The third-order valence-corrected chi connectivity index (χ3v) is 7.79. The molecule has 2 aromatic carbocycles. The molecule has 9 heteroatoms. The standard InChI is InChI=1S/C20H12ClFN2O3S2/c21-10-3-1-9(2-4-10)13-14-16(28-17-15(13)29-20(27)23-17)19(26)24(18(14)25)12-7-5-11(22)6-8-12/h1-8,13-14,16H,(H,23,27). The minimum absolute atomic E-state index is 0.225. The first-order chi connectivity index (χ1) is 13.9. The number of halogens is 2. The van der Waals surface area contributed by atoms with E-state index in [1.807, 2.05) is 12.1 Å². The minimum atomic E-state index is -0.675. The van der Waals surface area contributed by atoms with Crippen molar-refractivity contribution in [2.75, 3.05) is 4.90 Å². The van der Waals surface area contributed by atoms with Crippen LogP contribution in [0.4, 0.5) is 10.1 Å². The molecule has 2 aliphatic rings. The maximum atomic E-state index is 13.4. The summed E-state index contributed by atoms with van der Waals surface area (Å²) in [5, 5.41) is 0.494. The topological polar surface area (TPSA) is 70.2 Å². The van der Waals surface area contributed by atoms with Gasteiger partial charge in [0.1, 0.15) is 11.1 Å². The third kappa shape index (κ3) is 2.94. The van der Waals surface area contributed by atoms with E-state index in [1.54, 1.807) is 12.1 Å². The average molecular weight is 447 g/mol. The van der Waals surface area contributed by atoms with E-state index in [9.17, 15) is 18.8 Å². The Labute approximate surface area is 177 Å². The zero-order valence-electron chi connectivity index (χ0n) is 14.6. The molecule has 1 aromatic heterocycles. The van der Waals surface area contributed by atoms with Crippen molar-refractivity contribution < 1.29 is 14.0 Å². The summed E-state index contributed by atoms with van der Waals surface area (Å²) < 4.78 is 13.3. The molecule has 5 nitrogen and oxygen atoms in total. The number of aromatic amines is 1. The number of hydrogen-bond donors (Lipinski definition) is 1. The summed E-state index contributed by atoms with van der Waals surface area (Å²) in [7, 11) is 0. The van der Waals surface area contributed by atoms with Gasteiger partial charge in [-0.3, -0.25) is 14.4 Å². The number of nitrogens with zero attached hydrogens (tertiary/aromatic N) is 1. The second-order valence-electron chi connectivity index (χ2n) is 6.79. The van der Waals surface area contributed by atoms with Crippen molar-refractivity contribution in [3.05, 3.63) is 79.5 Å². The highest BCUT2D eigenvalue weighted by molar-refractivity contribution is 8.00. The van der Waals surface area contributed by atoms with Crippen molar-refractivity contribution in [1.29, 1.82) is 0 Å². The highest BCUT2D eigenvalue weighted by Gasteiger charge is 2.56. The van der Waals surface area contributed by atoms with E-state index < -0.39 is 22.9 Å². The molecule has 1 saturated heterocycles. The number of thiazole rings is 1. The van der Waals surface area contributed by atoms with Gasteiger partial charge in [0.15, 0.2) is 0 Å². The molecule has 3 aromatic rings. The molecule has 5 rings (SSSR count). The Balaban J connectivity index is 1.64. The van der Waals surface area contributed by atoms with Crippen LogP contribution in [0, 0.1) is 11.7 Å². The molecule has 3 atom stereocenters. The molecule has 0 spiro atoms. The quantitative estimate of drug-likeness (QED) is 0.603. The van der Waals surface area contributed by atoms with E-state index in [-0.39, 0.29) is 16.7 Å². The average Bonchev–Trinajstić information content (AvgIpc) is 3.19. The zero-order chi connectivity index (χ0) is 20.3. The number of carbonyl (C=O) groups is 2. The van der Waals surface area contributed by atoms with Gasteiger partial charge in [0.05, 0.1) is 16.6 Å². The van der Waals surface area contributed by atoms with Crippen LogP contribution in [-0.4, -0.2) is 22.0 Å². The second-order valence-corrected chi connectivity index (χ2v) is 9.39. The van der Waals surface area contributed by atoms with Crippen molar-refractivity contribution in [2.45, 2.75) is 16.2 Å². The molecule has 146 valence electrons. The van der Waals surface area contributed by atoms with Crippen LogP contribution >= 0.6 is 34.7 Å². The molecular formula is C20H12ClFN2O3S2. The summed E-state index contributed by atoms with van der Waals surface area (Å²) in [4.78, 5) is 43.0. The molecule has 3 unspecified atom stereocenters. The molecule has 2 amide bonds. The summed E-state index contributed by atoms with van der Waals surface area (Å²) in [6.45, 7) is 0. The van der Waals surface area contributed by atoms with Crippen LogP contribution in [0.2, 0.25) is 5.02 Å². The summed E-state index contributed by atoms with van der Waals surface area (Å²) >= 11 is 8.27. The minimum Gasteiger partial charge on any atom is -0.307 e. The molecule has 0 bridgehead atoms. The summed E-state index contributed by atoms with van der Waals surface area (Å²) in [6, 6.07) is 12.3. The molecule has 3 heterocycles. The first-order valence-electron chi connectivity index (χ1n) is 8.72. The fourth-order valence-corrected chi connectivity index (χ4v) is 6.53. The number of imide groups is 1. The number of hydrogen-bond acceptors (Lipinski definition) is 5. The van der Waals surface area contributed by atoms with Crippen molar-refractivity contribution in [3.8, 4) is 0 Å². The summed E-state index contributed by atoms with van der Waals surface area (Å²) in [6.07, 6.45) is 0. The maximum Gasteiger partial charge on any atom is 0.305 e. The van der Waals surface area contributed by atoms with Crippen LogP contribution in [-0.2, 0) is 9.59 Å². The number of rotatable bonds is 2. The Morgan fingerprint density at radius 1 is 0.966 bits per heavy atom. The van der Waals surface area contributed by atoms with Crippen LogP contribution in [0.3, 0.4) is 0 Å². The number of benzene rings is 2. The van der Waals surface area contributed by atoms with E-state index in [0.717, 1.165) is 26.7 Å². The van der Waals surface area contributed by atoms with Gasteiger partial charge in [-0.2, -0.15) is 0 Å². The van der Waals surface area contributed by atoms with Crippen LogP contribution in [0.1, 0.15) is 16.4 Å². The molecule has 0 saturated carbocycles. The monoisotopic (exact) mass is 446 g/mol. The van der Waals surface area contributed by atoms with Gasteiger partial charge >= 0.3 is 4.87 Å². The molecule has 0 radical (unpaired) electrons. The molecule has 0 aliphatic carbocycles. The predicted molar refractivity (Wildman–Crippen MR) is 110 cm³/mol. The lowest BCUT2D eigenvalue weighted by Gasteiger charge is -2.29. The number of thioether (sulfide) groups is 1. The van der Waals surface area contributed by atoms with Gasteiger partial charge in [0.2, 0.25) is 11.8 Å². The van der Waals surface area contributed by atoms with Crippen molar-refractivity contribution >= 4 is 52.2 Å². The fourth-order valence-electron chi connectivity index (χ4n) is 3.89. The largest absolute Gasteiger partial charge is 0.307 e. The first kappa shape index (κ1) is 18.6. The maximum absolute atomic E-state index is 13.4. The smallest absolute Gasteiger partial charge is 0.305 e. The number of aromatic nitrogens is 1. The Kier molecular flexibility index (Phi) is 4.38. The van der Waals surface area contributed by atoms with Crippen LogP contribution in [0.15, 0.2) is 58.4 Å². The van der Waals surface area contributed by atoms with Gasteiger partial charge in [-0.1, -0.05) is 46.8 Å². The van der Waals surface area contributed by atoms with Gasteiger partial charge in [-0.05, 0) is 42.0 Å². The Bertz CT molecular complexity index is 1190. The zero-order valence-corrected chi connectivity index (χ0v) is 17.0. The Morgan fingerprint density at radius 2 is 1.66 bits per heavy atom. The van der Waals surface area contributed by atoms with Gasteiger partial charge in [-0.25, -0.2) is 9.29 Å². The second kappa shape index (κ2) is 6.83.